The van der Waals surface area contributed by atoms with Gasteiger partial charge in [-0.05, 0) is 43.1 Å². The zero-order chi connectivity index (χ0) is 19.7. The summed E-state index contributed by atoms with van der Waals surface area (Å²) < 4.78 is 5.34. The Hall–Kier alpha value is -1.70. The van der Waals surface area contributed by atoms with E-state index in [1.54, 1.807) is 4.90 Å². The number of rotatable bonds is 3. The molecule has 1 N–H and O–H groups in total. The van der Waals surface area contributed by atoms with Crippen LogP contribution < -0.4 is 5.32 Å². The van der Waals surface area contributed by atoms with E-state index in [-0.39, 0.29) is 29.7 Å². The minimum absolute atomic E-state index is 0.0333. The second-order valence-corrected chi connectivity index (χ2v) is 8.42. The van der Waals surface area contributed by atoms with E-state index < -0.39 is 0 Å². The molecule has 2 amide bonds. The molecule has 1 aliphatic carbocycles. The number of carbonyl (C=O) groups excluding carboxylic acids is 2. The van der Waals surface area contributed by atoms with Crippen molar-refractivity contribution in [2.75, 3.05) is 26.3 Å². The maximum absolute atomic E-state index is 13.1. The third-order valence-electron chi connectivity index (χ3n) is 5.95. The van der Waals surface area contributed by atoms with Gasteiger partial charge < -0.3 is 15.0 Å². The van der Waals surface area contributed by atoms with Gasteiger partial charge in [0.05, 0.1) is 25.7 Å². The second kappa shape index (κ2) is 8.35. The number of amides is 2. The molecule has 150 valence electrons. The van der Waals surface area contributed by atoms with Gasteiger partial charge in [-0.25, -0.2) is 0 Å². The number of thiocarbonyl (C=S) groups is 1. The standard InChI is InChI=1S/C20H24ClN3O3S/c21-16-4-2-1-3-14(16)12-24-19(26)15-6-5-13(11-17(15)22-20(24)28)18(25)23-7-9-27-10-8-23/h1-4,13,15,17H,5-12H2,(H,22,28). The van der Waals surface area contributed by atoms with Crippen molar-refractivity contribution >= 4 is 40.7 Å². The lowest BCUT2D eigenvalue weighted by Crippen LogP contribution is -2.61. The van der Waals surface area contributed by atoms with Crippen LogP contribution in [0.3, 0.4) is 0 Å². The minimum Gasteiger partial charge on any atom is -0.378 e. The molecule has 3 unspecified atom stereocenters. The number of hydrogen-bond donors (Lipinski definition) is 1. The lowest BCUT2D eigenvalue weighted by atomic mass is 9.76. The molecule has 4 rings (SSSR count). The van der Waals surface area contributed by atoms with Crippen molar-refractivity contribution in [3.05, 3.63) is 34.9 Å². The first-order valence-electron chi connectivity index (χ1n) is 9.76. The molecular weight excluding hydrogens is 398 g/mol. The highest BCUT2D eigenvalue weighted by atomic mass is 35.5. The maximum Gasteiger partial charge on any atom is 0.234 e. The van der Waals surface area contributed by atoms with Gasteiger partial charge in [-0.1, -0.05) is 29.8 Å². The van der Waals surface area contributed by atoms with Gasteiger partial charge in [0.1, 0.15) is 0 Å². The normalized spacial score (nSPS) is 28.0. The molecule has 1 aromatic rings. The molecule has 2 aliphatic heterocycles. The number of nitrogens with one attached hydrogen (secondary N) is 1. The average Bonchev–Trinajstić information content (AvgIpc) is 2.72. The third-order valence-corrected chi connectivity index (χ3v) is 6.65. The van der Waals surface area contributed by atoms with Crippen LogP contribution >= 0.6 is 23.8 Å². The van der Waals surface area contributed by atoms with E-state index in [1.807, 2.05) is 29.2 Å². The van der Waals surface area contributed by atoms with Crippen LogP contribution in [0, 0.1) is 11.8 Å². The summed E-state index contributed by atoms with van der Waals surface area (Å²) in [5, 5.41) is 4.37. The Kier molecular flexibility index (Phi) is 5.85. The van der Waals surface area contributed by atoms with Crippen molar-refractivity contribution in [2.45, 2.75) is 31.8 Å². The third kappa shape index (κ3) is 3.88. The highest BCUT2D eigenvalue weighted by Gasteiger charge is 2.44. The number of ether oxygens (including phenoxy) is 1. The van der Waals surface area contributed by atoms with E-state index in [0.29, 0.717) is 55.8 Å². The van der Waals surface area contributed by atoms with Gasteiger partial charge in [-0.2, -0.15) is 0 Å². The molecule has 1 aromatic carbocycles. The zero-order valence-corrected chi connectivity index (χ0v) is 17.2. The summed E-state index contributed by atoms with van der Waals surface area (Å²) in [6.07, 6.45) is 2.07. The number of nitrogens with zero attached hydrogens (tertiary/aromatic N) is 2. The fraction of sp³-hybridized carbons (Fsp3) is 0.550. The number of benzene rings is 1. The van der Waals surface area contributed by atoms with Gasteiger partial charge in [0, 0.05) is 30.1 Å². The maximum atomic E-state index is 13.1. The van der Waals surface area contributed by atoms with Crippen molar-refractivity contribution in [2.24, 2.45) is 11.8 Å². The largest absolute Gasteiger partial charge is 0.378 e. The van der Waals surface area contributed by atoms with Crippen LogP contribution in [0.5, 0.6) is 0 Å². The molecule has 1 saturated carbocycles. The first kappa shape index (κ1) is 19.6. The molecule has 28 heavy (non-hydrogen) atoms. The first-order chi connectivity index (χ1) is 13.5. The van der Waals surface area contributed by atoms with E-state index in [0.717, 1.165) is 12.0 Å². The Bertz CT molecular complexity index is 784. The molecular formula is C20H24ClN3O3S. The first-order valence-corrected chi connectivity index (χ1v) is 10.5. The van der Waals surface area contributed by atoms with Crippen LogP contribution in [-0.4, -0.2) is 59.1 Å². The molecule has 0 bridgehead atoms. The summed E-state index contributed by atoms with van der Waals surface area (Å²) >= 11 is 11.7. The van der Waals surface area contributed by atoms with Gasteiger partial charge in [0.15, 0.2) is 5.11 Å². The SMILES string of the molecule is O=C(C1CCC2C(=O)N(Cc3ccccc3Cl)C(=S)NC2C1)N1CCOCC1. The summed E-state index contributed by atoms with van der Waals surface area (Å²) in [6.45, 7) is 2.87. The Morgan fingerprint density at radius 2 is 2.00 bits per heavy atom. The molecule has 2 heterocycles. The van der Waals surface area contributed by atoms with Gasteiger partial charge in [-0.15, -0.1) is 0 Å². The molecule has 0 spiro atoms. The molecule has 2 saturated heterocycles. The molecule has 0 radical (unpaired) electrons. The van der Waals surface area contributed by atoms with Gasteiger partial charge in [0.2, 0.25) is 11.8 Å². The van der Waals surface area contributed by atoms with Gasteiger partial charge in [0.25, 0.3) is 0 Å². The monoisotopic (exact) mass is 421 g/mol. The minimum atomic E-state index is -0.150. The number of fused-ring (bicyclic) bond motifs is 1. The molecule has 3 atom stereocenters. The Morgan fingerprint density at radius 3 is 2.75 bits per heavy atom. The van der Waals surface area contributed by atoms with Crippen LogP contribution in [0.4, 0.5) is 0 Å². The topological polar surface area (TPSA) is 61.9 Å². The lowest BCUT2D eigenvalue weighted by molar-refractivity contribution is -0.144. The van der Waals surface area contributed by atoms with Crippen LogP contribution in [0.2, 0.25) is 5.02 Å². The molecule has 3 fully saturated rings. The zero-order valence-electron chi connectivity index (χ0n) is 15.6. The second-order valence-electron chi connectivity index (χ2n) is 7.63. The summed E-state index contributed by atoms with van der Waals surface area (Å²) in [7, 11) is 0. The van der Waals surface area contributed by atoms with E-state index in [9.17, 15) is 9.59 Å². The predicted octanol–water partition coefficient (Wildman–Crippen LogP) is 2.20. The van der Waals surface area contributed by atoms with Crippen molar-refractivity contribution in [1.82, 2.24) is 15.1 Å². The molecule has 6 nitrogen and oxygen atoms in total. The van der Waals surface area contributed by atoms with E-state index in [4.69, 9.17) is 28.6 Å². The highest BCUT2D eigenvalue weighted by molar-refractivity contribution is 7.80. The van der Waals surface area contributed by atoms with Crippen molar-refractivity contribution in [3.63, 3.8) is 0 Å². The molecule has 8 heteroatoms. The number of morpholine rings is 1. The van der Waals surface area contributed by atoms with E-state index in [1.165, 1.54) is 0 Å². The average molecular weight is 422 g/mol. The Morgan fingerprint density at radius 1 is 1.25 bits per heavy atom. The van der Waals surface area contributed by atoms with Crippen molar-refractivity contribution in [1.29, 1.82) is 0 Å². The van der Waals surface area contributed by atoms with Gasteiger partial charge in [-0.3, -0.25) is 14.5 Å². The van der Waals surface area contributed by atoms with Crippen LogP contribution in [0.25, 0.3) is 0 Å². The Balaban J connectivity index is 1.42. The number of halogens is 1. The molecule has 0 aromatic heterocycles. The Labute approximate surface area is 175 Å². The number of carbonyl (C=O) groups is 2. The fourth-order valence-corrected chi connectivity index (χ4v) is 4.88. The summed E-state index contributed by atoms with van der Waals surface area (Å²) in [4.78, 5) is 29.4. The number of hydrogen-bond acceptors (Lipinski definition) is 4. The molecule has 3 aliphatic rings. The van der Waals surface area contributed by atoms with E-state index in [2.05, 4.69) is 5.32 Å². The van der Waals surface area contributed by atoms with Crippen LogP contribution in [0.1, 0.15) is 24.8 Å². The highest BCUT2D eigenvalue weighted by Crippen LogP contribution is 2.35. The van der Waals surface area contributed by atoms with Crippen molar-refractivity contribution < 1.29 is 14.3 Å². The predicted molar refractivity (Wildman–Crippen MR) is 110 cm³/mol. The van der Waals surface area contributed by atoms with E-state index >= 15 is 0 Å². The smallest absolute Gasteiger partial charge is 0.234 e. The summed E-state index contributed by atoms with van der Waals surface area (Å²) in [5.74, 6) is 0.00634. The fourth-order valence-electron chi connectivity index (χ4n) is 4.38. The van der Waals surface area contributed by atoms with Crippen molar-refractivity contribution in [3.8, 4) is 0 Å². The van der Waals surface area contributed by atoms with Crippen LogP contribution in [-0.2, 0) is 20.9 Å². The van der Waals surface area contributed by atoms with Crippen LogP contribution in [0.15, 0.2) is 24.3 Å². The lowest BCUT2D eigenvalue weighted by Gasteiger charge is -2.44. The van der Waals surface area contributed by atoms with Gasteiger partial charge >= 0.3 is 0 Å². The summed E-state index contributed by atoms with van der Waals surface area (Å²) in [5.41, 5.74) is 0.872. The summed E-state index contributed by atoms with van der Waals surface area (Å²) in [6, 6.07) is 7.40. The quantitative estimate of drug-likeness (QED) is 0.758.